The molecule has 9 nitrogen and oxygen atoms in total. The van der Waals surface area contributed by atoms with Crippen molar-refractivity contribution in [1.82, 2.24) is 5.32 Å². The number of carbonyl (C=O) groups is 2. The van der Waals surface area contributed by atoms with Gasteiger partial charge in [0, 0.05) is 11.5 Å². The minimum absolute atomic E-state index is 0.00450. The number of nitrogens with zero attached hydrogens (tertiary/aromatic N) is 3. The van der Waals surface area contributed by atoms with E-state index in [1.807, 2.05) is 0 Å². The van der Waals surface area contributed by atoms with E-state index < -0.39 is 18.1 Å². The number of carbonyl (C=O) groups excluding carboxylic acids is 1. The Hall–Kier alpha value is -1.99. The van der Waals surface area contributed by atoms with Crippen LogP contribution in [-0.4, -0.2) is 42.9 Å². The third kappa shape index (κ3) is 8.97. The second kappa shape index (κ2) is 9.25. The fourth-order valence-corrected chi connectivity index (χ4v) is 0.911. The van der Waals surface area contributed by atoms with Gasteiger partial charge in [-0.05, 0) is 18.4 Å². The molecule has 0 rings (SSSR count). The van der Waals surface area contributed by atoms with Gasteiger partial charge in [-0.2, -0.15) is 0 Å². The average Bonchev–Trinajstić information content (AvgIpc) is 2.29. The average molecular weight is 245 g/mol. The van der Waals surface area contributed by atoms with Crippen molar-refractivity contribution in [3.63, 3.8) is 0 Å². The van der Waals surface area contributed by atoms with Crippen molar-refractivity contribution < 1.29 is 19.4 Å². The number of hydrogen-bond donors (Lipinski definition) is 3. The number of hydrogen-bond acceptors (Lipinski definition) is 5. The molecule has 0 aliphatic carbocycles. The highest BCUT2D eigenvalue weighted by molar-refractivity contribution is 5.73. The van der Waals surface area contributed by atoms with Crippen LogP contribution in [0.15, 0.2) is 5.11 Å². The van der Waals surface area contributed by atoms with Crippen molar-refractivity contribution in [3.05, 3.63) is 10.4 Å². The zero-order valence-electron chi connectivity index (χ0n) is 9.20. The molecular formula is C8H15N5O4. The predicted octanol–water partition coefficient (Wildman–Crippen LogP) is 0.215. The van der Waals surface area contributed by atoms with Crippen LogP contribution in [0, 0.1) is 0 Å². The minimum Gasteiger partial charge on any atom is -0.480 e. The van der Waals surface area contributed by atoms with E-state index in [1.165, 1.54) is 0 Å². The molecular weight excluding hydrogens is 230 g/mol. The van der Waals surface area contributed by atoms with Crippen molar-refractivity contribution in [2.24, 2.45) is 10.8 Å². The van der Waals surface area contributed by atoms with E-state index >= 15 is 0 Å². The maximum Gasteiger partial charge on any atom is 0.407 e. The number of carboxylic acid groups (broad SMARTS) is 1. The van der Waals surface area contributed by atoms with E-state index in [-0.39, 0.29) is 26.1 Å². The van der Waals surface area contributed by atoms with Gasteiger partial charge in [0.25, 0.3) is 0 Å². The summed E-state index contributed by atoms with van der Waals surface area (Å²) in [5.41, 5.74) is 13.2. The largest absolute Gasteiger partial charge is 0.480 e. The lowest BCUT2D eigenvalue weighted by atomic mass is 10.2. The molecule has 0 fully saturated rings. The first-order chi connectivity index (χ1) is 8.07. The Morgan fingerprint density at radius 2 is 2.29 bits per heavy atom. The lowest BCUT2D eigenvalue weighted by Gasteiger charge is -2.07. The zero-order valence-corrected chi connectivity index (χ0v) is 9.20. The van der Waals surface area contributed by atoms with Crippen LogP contribution in [0.2, 0.25) is 0 Å². The van der Waals surface area contributed by atoms with Gasteiger partial charge in [-0.1, -0.05) is 5.11 Å². The molecule has 1 amide bonds. The first kappa shape index (κ1) is 15.0. The molecule has 0 saturated carbocycles. The third-order valence-corrected chi connectivity index (χ3v) is 1.77. The standard InChI is InChI=1S/C8H15N5O4/c9-6(7(14)15)2-1-3-11-8(16)17-5-4-12-13-10/h6H,1-5,9H2,(H,11,16)(H,14,15). The molecule has 0 bridgehead atoms. The Kier molecular flexibility index (Phi) is 8.17. The molecule has 96 valence electrons. The maximum atomic E-state index is 11.0. The zero-order chi connectivity index (χ0) is 13.1. The van der Waals surface area contributed by atoms with Crippen LogP contribution in [0.5, 0.6) is 0 Å². The summed E-state index contributed by atoms with van der Waals surface area (Å²) in [6.45, 7) is 0.361. The molecule has 4 N–H and O–H groups in total. The van der Waals surface area contributed by atoms with Gasteiger partial charge in [-0.15, -0.1) is 0 Å². The molecule has 0 saturated heterocycles. The smallest absolute Gasteiger partial charge is 0.407 e. The quantitative estimate of drug-likeness (QED) is 0.242. The number of nitrogens with two attached hydrogens (primary N) is 1. The van der Waals surface area contributed by atoms with Crippen LogP contribution in [0.1, 0.15) is 12.8 Å². The molecule has 0 aliphatic heterocycles. The van der Waals surface area contributed by atoms with Gasteiger partial charge in [0.15, 0.2) is 0 Å². The highest BCUT2D eigenvalue weighted by Crippen LogP contribution is 1.93. The van der Waals surface area contributed by atoms with Crippen molar-refractivity contribution in [1.29, 1.82) is 0 Å². The predicted molar refractivity (Wildman–Crippen MR) is 58.2 cm³/mol. The molecule has 9 heteroatoms. The number of aliphatic carboxylic acids is 1. The normalized spacial score (nSPS) is 11.1. The lowest BCUT2D eigenvalue weighted by Crippen LogP contribution is -2.32. The first-order valence-electron chi connectivity index (χ1n) is 4.97. The number of amides is 1. The summed E-state index contributed by atoms with van der Waals surface area (Å²) in [6, 6.07) is -0.919. The molecule has 1 unspecified atom stereocenters. The van der Waals surface area contributed by atoms with Crippen LogP contribution in [0.4, 0.5) is 4.79 Å². The fraction of sp³-hybridized carbons (Fsp3) is 0.750. The number of alkyl carbamates (subject to hydrolysis) is 1. The van der Waals surface area contributed by atoms with Gasteiger partial charge in [0.1, 0.15) is 6.04 Å². The minimum atomic E-state index is -1.07. The van der Waals surface area contributed by atoms with Crippen LogP contribution in [-0.2, 0) is 9.53 Å². The van der Waals surface area contributed by atoms with Crippen LogP contribution in [0.3, 0.4) is 0 Å². The van der Waals surface area contributed by atoms with Gasteiger partial charge >= 0.3 is 12.1 Å². The molecule has 0 aromatic heterocycles. The molecule has 0 heterocycles. The van der Waals surface area contributed by atoms with Crippen molar-refractivity contribution in [2.75, 3.05) is 19.7 Å². The first-order valence-corrected chi connectivity index (χ1v) is 4.97. The summed E-state index contributed by atoms with van der Waals surface area (Å²) >= 11 is 0. The maximum absolute atomic E-state index is 11.0. The summed E-state index contributed by atoms with van der Waals surface area (Å²) in [4.78, 5) is 23.8. The topological polar surface area (TPSA) is 150 Å². The van der Waals surface area contributed by atoms with Gasteiger partial charge in [-0.25, -0.2) is 4.79 Å². The van der Waals surface area contributed by atoms with E-state index in [1.54, 1.807) is 0 Å². The molecule has 0 aliphatic rings. The number of azide groups is 1. The van der Waals surface area contributed by atoms with Crippen molar-refractivity contribution in [3.8, 4) is 0 Å². The Morgan fingerprint density at radius 1 is 1.59 bits per heavy atom. The Bertz CT molecular complexity index is 302. The van der Waals surface area contributed by atoms with E-state index in [0.29, 0.717) is 6.42 Å². The van der Waals surface area contributed by atoms with E-state index in [2.05, 4.69) is 20.1 Å². The Morgan fingerprint density at radius 3 is 2.88 bits per heavy atom. The molecule has 1 atom stereocenters. The van der Waals surface area contributed by atoms with Crippen LogP contribution < -0.4 is 11.1 Å². The van der Waals surface area contributed by atoms with Crippen LogP contribution >= 0.6 is 0 Å². The van der Waals surface area contributed by atoms with E-state index in [0.717, 1.165) is 0 Å². The Labute approximate surface area is 97.5 Å². The monoisotopic (exact) mass is 245 g/mol. The van der Waals surface area contributed by atoms with Gasteiger partial charge in [-0.3, -0.25) is 4.79 Å². The van der Waals surface area contributed by atoms with Gasteiger partial charge in [0.2, 0.25) is 0 Å². The molecule has 0 radical (unpaired) electrons. The van der Waals surface area contributed by atoms with Gasteiger partial charge < -0.3 is 20.9 Å². The molecule has 17 heavy (non-hydrogen) atoms. The highest BCUT2D eigenvalue weighted by Gasteiger charge is 2.10. The summed E-state index contributed by atoms with van der Waals surface area (Å²) in [5, 5.41) is 14.1. The highest BCUT2D eigenvalue weighted by atomic mass is 16.5. The number of rotatable bonds is 8. The summed E-state index contributed by atoms with van der Waals surface area (Å²) < 4.78 is 4.64. The molecule has 0 aromatic carbocycles. The summed E-state index contributed by atoms with van der Waals surface area (Å²) in [7, 11) is 0. The van der Waals surface area contributed by atoms with E-state index in [9.17, 15) is 9.59 Å². The number of carboxylic acids is 1. The Balaban J connectivity index is 3.45. The molecule has 0 spiro atoms. The van der Waals surface area contributed by atoms with Crippen LogP contribution in [0.25, 0.3) is 10.4 Å². The number of ether oxygens (including phenoxy) is 1. The number of nitrogens with one attached hydrogen (secondary N) is 1. The lowest BCUT2D eigenvalue weighted by molar-refractivity contribution is -0.138. The fourth-order valence-electron chi connectivity index (χ4n) is 0.911. The SMILES string of the molecule is [N-]=[N+]=NCCOC(=O)NCCCC(N)C(=O)O. The third-order valence-electron chi connectivity index (χ3n) is 1.77. The van der Waals surface area contributed by atoms with Crippen molar-refractivity contribution in [2.45, 2.75) is 18.9 Å². The van der Waals surface area contributed by atoms with E-state index in [4.69, 9.17) is 16.4 Å². The second-order valence-corrected chi connectivity index (χ2v) is 3.10. The van der Waals surface area contributed by atoms with Gasteiger partial charge in [0.05, 0.1) is 13.2 Å². The summed E-state index contributed by atoms with van der Waals surface area (Å²) in [6.07, 6.45) is 0.0785. The van der Waals surface area contributed by atoms with Crippen molar-refractivity contribution >= 4 is 12.1 Å². The summed E-state index contributed by atoms with van der Waals surface area (Å²) in [5.74, 6) is -1.07. The second-order valence-electron chi connectivity index (χ2n) is 3.10. The molecule has 0 aromatic rings.